The highest BCUT2D eigenvalue weighted by molar-refractivity contribution is 7.80. The fourth-order valence-corrected chi connectivity index (χ4v) is 1.06. The highest BCUT2D eigenvalue weighted by Gasteiger charge is 2.37. The number of amides is 1. The molecule has 3 nitrogen and oxygen atoms in total. The summed E-state index contributed by atoms with van der Waals surface area (Å²) in [6.45, 7) is 1.68. The van der Waals surface area contributed by atoms with Gasteiger partial charge in [0.1, 0.15) is 6.54 Å². The fraction of sp³-hybridized carbons (Fsp3) is 0.750. The second-order valence-electron chi connectivity index (χ2n) is 3.35. The van der Waals surface area contributed by atoms with Crippen LogP contribution in [0, 0.1) is 5.41 Å². The van der Waals surface area contributed by atoms with Crippen LogP contribution < -0.4 is 11.1 Å². The zero-order valence-corrected chi connectivity index (χ0v) is 9.26. The van der Waals surface area contributed by atoms with Crippen LogP contribution >= 0.6 is 12.2 Å². The number of rotatable bonds is 4. The number of hydrogen-bond donors (Lipinski definition) is 2. The Morgan fingerprint density at radius 2 is 1.93 bits per heavy atom. The molecule has 3 N–H and O–H groups in total. The van der Waals surface area contributed by atoms with Gasteiger partial charge >= 0.3 is 6.18 Å². The van der Waals surface area contributed by atoms with Gasteiger partial charge in [-0.1, -0.05) is 19.1 Å². The van der Waals surface area contributed by atoms with Crippen molar-refractivity contribution in [2.75, 3.05) is 6.54 Å². The second-order valence-corrected chi connectivity index (χ2v) is 3.79. The molecule has 0 aliphatic carbocycles. The number of nitrogens with two attached hydrogens (primary N) is 1. The second kappa shape index (κ2) is 4.78. The van der Waals surface area contributed by atoms with Gasteiger partial charge in [-0.3, -0.25) is 4.79 Å². The number of alkyl halides is 3. The van der Waals surface area contributed by atoms with E-state index in [2.05, 4.69) is 12.2 Å². The molecule has 0 radical (unpaired) electrons. The summed E-state index contributed by atoms with van der Waals surface area (Å²) in [5.41, 5.74) is 4.09. The first-order chi connectivity index (χ1) is 6.63. The molecule has 0 heterocycles. The number of nitrogens with one attached hydrogen (secondary N) is 1. The Kier molecular flexibility index (Phi) is 4.51. The van der Waals surface area contributed by atoms with E-state index in [1.54, 1.807) is 12.2 Å². The SMILES string of the molecule is CCC(C)(C(=O)NCC(F)(F)F)C(N)=S. The Balaban J connectivity index is 4.50. The van der Waals surface area contributed by atoms with Crippen LogP contribution in [-0.2, 0) is 4.79 Å². The van der Waals surface area contributed by atoms with Crippen molar-refractivity contribution in [1.29, 1.82) is 0 Å². The van der Waals surface area contributed by atoms with Crippen molar-refractivity contribution in [2.24, 2.45) is 11.1 Å². The molecule has 0 aromatic carbocycles. The van der Waals surface area contributed by atoms with E-state index >= 15 is 0 Å². The summed E-state index contributed by atoms with van der Waals surface area (Å²) in [6, 6.07) is 0. The van der Waals surface area contributed by atoms with Gasteiger partial charge in [-0.15, -0.1) is 0 Å². The van der Waals surface area contributed by atoms with Gasteiger partial charge in [0.25, 0.3) is 0 Å². The minimum absolute atomic E-state index is 0.107. The van der Waals surface area contributed by atoms with Crippen molar-refractivity contribution < 1.29 is 18.0 Å². The number of carbonyl (C=O) groups is 1. The lowest BCUT2D eigenvalue weighted by atomic mass is 9.86. The van der Waals surface area contributed by atoms with Crippen LogP contribution in [0.4, 0.5) is 13.2 Å². The van der Waals surface area contributed by atoms with Gasteiger partial charge in [-0.2, -0.15) is 13.2 Å². The highest BCUT2D eigenvalue weighted by atomic mass is 32.1. The lowest BCUT2D eigenvalue weighted by Crippen LogP contribution is -2.48. The minimum atomic E-state index is -4.43. The molecule has 1 atom stereocenters. The summed E-state index contributed by atoms with van der Waals surface area (Å²) < 4.78 is 35.5. The molecular formula is C8H13F3N2OS. The van der Waals surface area contributed by atoms with E-state index in [1.807, 2.05) is 0 Å². The molecular weight excluding hydrogens is 229 g/mol. The first-order valence-electron chi connectivity index (χ1n) is 4.28. The van der Waals surface area contributed by atoms with Crippen molar-refractivity contribution in [2.45, 2.75) is 26.4 Å². The summed E-state index contributed by atoms with van der Waals surface area (Å²) in [7, 11) is 0. The monoisotopic (exact) mass is 242 g/mol. The van der Waals surface area contributed by atoms with Crippen molar-refractivity contribution >= 4 is 23.1 Å². The topological polar surface area (TPSA) is 55.1 Å². The van der Waals surface area contributed by atoms with E-state index in [0.717, 1.165) is 0 Å². The van der Waals surface area contributed by atoms with Gasteiger partial charge in [0.05, 0.1) is 10.4 Å². The zero-order chi connectivity index (χ0) is 12.3. The smallest absolute Gasteiger partial charge is 0.392 e. The molecule has 88 valence electrons. The van der Waals surface area contributed by atoms with Crippen molar-refractivity contribution in [3.63, 3.8) is 0 Å². The normalized spacial score (nSPS) is 15.5. The average Bonchev–Trinajstić information content (AvgIpc) is 2.11. The van der Waals surface area contributed by atoms with Crippen LogP contribution in [0.2, 0.25) is 0 Å². The molecule has 1 amide bonds. The van der Waals surface area contributed by atoms with E-state index < -0.39 is 24.0 Å². The first-order valence-corrected chi connectivity index (χ1v) is 4.69. The van der Waals surface area contributed by atoms with E-state index in [1.165, 1.54) is 6.92 Å². The van der Waals surface area contributed by atoms with Crippen molar-refractivity contribution in [3.05, 3.63) is 0 Å². The predicted molar refractivity (Wildman–Crippen MR) is 54.2 cm³/mol. The van der Waals surface area contributed by atoms with Crippen LogP contribution in [0.1, 0.15) is 20.3 Å². The zero-order valence-electron chi connectivity index (χ0n) is 8.44. The Hall–Kier alpha value is -0.850. The molecule has 0 saturated carbocycles. The molecule has 0 fully saturated rings. The molecule has 1 unspecified atom stereocenters. The van der Waals surface area contributed by atoms with Crippen molar-refractivity contribution in [3.8, 4) is 0 Å². The molecule has 0 rings (SSSR count). The van der Waals surface area contributed by atoms with Gasteiger partial charge in [0.2, 0.25) is 5.91 Å². The largest absolute Gasteiger partial charge is 0.405 e. The standard InChI is InChI=1S/C8H13F3N2OS/c1-3-7(2,5(12)15)6(14)13-4-8(9,10)11/h3-4H2,1-2H3,(H2,12,15)(H,13,14). The lowest BCUT2D eigenvalue weighted by molar-refractivity contribution is -0.142. The predicted octanol–water partition coefficient (Wildman–Crippen LogP) is 1.37. The maximum absolute atomic E-state index is 11.8. The molecule has 0 spiro atoms. The fourth-order valence-electron chi connectivity index (χ4n) is 0.822. The number of hydrogen-bond acceptors (Lipinski definition) is 2. The quantitative estimate of drug-likeness (QED) is 0.732. The van der Waals surface area contributed by atoms with E-state index in [9.17, 15) is 18.0 Å². The van der Waals surface area contributed by atoms with Crippen LogP contribution in [0.15, 0.2) is 0 Å². The summed E-state index contributed by atoms with van der Waals surface area (Å²) in [4.78, 5) is 11.3. The molecule has 0 aliphatic rings. The van der Waals surface area contributed by atoms with Crippen LogP contribution in [0.25, 0.3) is 0 Å². The van der Waals surface area contributed by atoms with Gasteiger partial charge in [0, 0.05) is 0 Å². The first kappa shape index (κ1) is 14.2. The number of thiocarbonyl (C=S) groups is 1. The summed E-state index contributed by atoms with van der Waals surface area (Å²) in [5, 5.41) is 1.76. The minimum Gasteiger partial charge on any atom is -0.392 e. The lowest BCUT2D eigenvalue weighted by Gasteiger charge is -2.25. The molecule has 0 bridgehead atoms. The number of halogens is 3. The Labute approximate surface area is 91.2 Å². The van der Waals surface area contributed by atoms with Gasteiger partial charge < -0.3 is 11.1 Å². The average molecular weight is 242 g/mol. The Morgan fingerprint density at radius 1 is 1.47 bits per heavy atom. The molecule has 0 aliphatic heterocycles. The molecule has 15 heavy (non-hydrogen) atoms. The van der Waals surface area contributed by atoms with Gasteiger partial charge in [0.15, 0.2) is 0 Å². The van der Waals surface area contributed by atoms with Crippen LogP contribution in [0.5, 0.6) is 0 Å². The van der Waals surface area contributed by atoms with E-state index in [0.29, 0.717) is 0 Å². The Bertz CT molecular complexity index is 267. The van der Waals surface area contributed by atoms with E-state index in [4.69, 9.17) is 5.73 Å². The van der Waals surface area contributed by atoms with E-state index in [-0.39, 0.29) is 11.4 Å². The van der Waals surface area contributed by atoms with Crippen molar-refractivity contribution in [1.82, 2.24) is 5.32 Å². The summed E-state index contributed by atoms with van der Waals surface area (Å²) in [6.07, 6.45) is -4.17. The third-order valence-electron chi connectivity index (χ3n) is 2.20. The van der Waals surface area contributed by atoms with Gasteiger partial charge in [-0.05, 0) is 13.3 Å². The summed E-state index contributed by atoms with van der Waals surface area (Å²) in [5.74, 6) is -0.796. The maximum atomic E-state index is 11.8. The van der Waals surface area contributed by atoms with Gasteiger partial charge in [-0.25, -0.2) is 0 Å². The van der Waals surface area contributed by atoms with Crippen LogP contribution in [0.3, 0.4) is 0 Å². The highest BCUT2D eigenvalue weighted by Crippen LogP contribution is 2.22. The van der Waals surface area contributed by atoms with Crippen LogP contribution in [-0.4, -0.2) is 23.6 Å². The Morgan fingerprint density at radius 3 is 2.20 bits per heavy atom. The molecule has 0 saturated heterocycles. The third kappa shape index (κ3) is 4.03. The molecule has 7 heteroatoms. The third-order valence-corrected chi connectivity index (χ3v) is 2.65. The molecule has 0 aromatic rings. The maximum Gasteiger partial charge on any atom is 0.405 e. The molecule has 0 aromatic heterocycles. The number of carbonyl (C=O) groups excluding carboxylic acids is 1. The summed E-state index contributed by atoms with van der Waals surface area (Å²) >= 11 is 4.65.